The molecule has 0 aliphatic heterocycles. The molecule has 0 atom stereocenters. The number of amides is 2. The average Bonchev–Trinajstić information content (AvgIpc) is 3.20. The van der Waals surface area contributed by atoms with E-state index in [1.807, 2.05) is 13.8 Å². The van der Waals surface area contributed by atoms with Crippen LogP contribution in [0.2, 0.25) is 0 Å². The smallest absolute Gasteiger partial charge is 0.307 e. The summed E-state index contributed by atoms with van der Waals surface area (Å²) < 4.78 is 26.6. The van der Waals surface area contributed by atoms with Gasteiger partial charge < -0.3 is 5.32 Å². The molecule has 1 aromatic rings. The zero-order chi connectivity index (χ0) is 18.0. The Labute approximate surface area is 150 Å². The number of sulfonamides is 1. The highest BCUT2D eigenvalue weighted by atomic mass is 32.2. The number of benzene rings is 1. The van der Waals surface area contributed by atoms with Gasteiger partial charge in [0.05, 0.1) is 0 Å². The molecule has 2 amide bonds. The molecule has 0 aromatic heterocycles. The van der Waals surface area contributed by atoms with Crippen molar-refractivity contribution in [1.29, 1.82) is 0 Å². The molecule has 7 heteroatoms. The largest absolute Gasteiger partial charge is 0.332 e. The molecule has 0 unspecified atom stereocenters. The fourth-order valence-electron chi connectivity index (χ4n) is 3.93. The molecule has 0 heterocycles. The number of carbonyl (C=O) groups is 1. The van der Waals surface area contributed by atoms with Crippen molar-refractivity contribution in [2.45, 2.75) is 52.4 Å². The molecule has 1 aromatic carbocycles. The predicted molar refractivity (Wildman–Crippen MR) is 99.4 cm³/mol. The Hall–Kier alpha value is -1.60. The van der Waals surface area contributed by atoms with Crippen LogP contribution in [0.3, 0.4) is 0 Å². The lowest BCUT2D eigenvalue weighted by atomic mass is 9.99. The molecule has 0 fully saturated rings. The van der Waals surface area contributed by atoms with Crippen LogP contribution in [-0.4, -0.2) is 38.3 Å². The Morgan fingerprint density at radius 1 is 1.04 bits per heavy atom. The topological polar surface area (TPSA) is 78.5 Å². The molecule has 0 saturated carbocycles. The lowest BCUT2D eigenvalue weighted by Gasteiger charge is -2.19. The molecular formula is C18H27N3O3S. The molecule has 6 nitrogen and oxygen atoms in total. The molecule has 0 bridgehead atoms. The third kappa shape index (κ3) is 3.98. The van der Waals surface area contributed by atoms with Crippen LogP contribution in [0.5, 0.6) is 0 Å². The molecule has 25 heavy (non-hydrogen) atoms. The van der Waals surface area contributed by atoms with Crippen LogP contribution >= 0.6 is 0 Å². The highest BCUT2D eigenvalue weighted by molar-refractivity contribution is 7.89. The van der Waals surface area contributed by atoms with Crippen LogP contribution < -0.4 is 10.0 Å². The number of hydrogen-bond donors (Lipinski definition) is 2. The number of rotatable bonds is 6. The van der Waals surface area contributed by atoms with Crippen LogP contribution in [0, 0.1) is 0 Å². The summed E-state index contributed by atoms with van der Waals surface area (Å²) >= 11 is 0. The van der Waals surface area contributed by atoms with Gasteiger partial charge in [0, 0.05) is 5.69 Å². The molecule has 0 saturated heterocycles. The van der Waals surface area contributed by atoms with Gasteiger partial charge in [0.15, 0.2) is 0 Å². The van der Waals surface area contributed by atoms with Crippen molar-refractivity contribution in [3.05, 3.63) is 28.3 Å². The van der Waals surface area contributed by atoms with E-state index in [0.717, 1.165) is 44.2 Å². The highest BCUT2D eigenvalue weighted by Crippen LogP contribution is 2.38. The first-order valence-electron chi connectivity index (χ1n) is 9.13. The summed E-state index contributed by atoms with van der Waals surface area (Å²) in [7, 11) is -3.69. The van der Waals surface area contributed by atoms with Crippen molar-refractivity contribution >= 4 is 21.7 Å². The molecule has 2 aliphatic carbocycles. The van der Waals surface area contributed by atoms with Crippen LogP contribution in [0.1, 0.15) is 48.9 Å². The first-order chi connectivity index (χ1) is 11.9. The van der Waals surface area contributed by atoms with Gasteiger partial charge in [-0.1, -0.05) is 19.9 Å². The predicted octanol–water partition coefficient (Wildman–Crippen LogP) is 2.41. The second-order valence-corrected chi connectivity index (χ2v) is 8.53. The second kappa shape index (κ2) is 7.33. The lowest BCUT2D eigenvalue weighted by Crippen LogP contribution is -2.41. The van der Waals surface area contributed by atoms with E-state index in [1.54, 1.807) is 4.90 Å². The van der Waals surface area contributed by atoms with Crippen molar-refractivity contribution < 1.29 is 13.2 Å². The van der Waals surface area contributed by atoms with E-state index in [1.165, 1.54) is 22.3 Å². The fraction of sp³-hybridized carbons (Fsp3) is 0.611. The van der Waals surface area contributed by atoms with Crippen LogP contribution in [0.25, 0.3) is 0 Å². The third-order valence-electron chi connectivity index (χ3n) is 5.21. The summed E-state index contributed by atoms with van der Waals surface area (Å²) in [4.78, 5) is 14.1. The van der Waals surface area contributed by atoms with Crippen molar-refractivity contribution in [1.82, 2.24) is 9.62 Å². The number of nitrogens with zero attached hydrogens (tertiary/aromatic N) is 1. The van der Waals surface area contributed by atoms with E-state index in [9.17, 15) is 13.2 Å². The molecule has 2 aliphatic rings. The average molecular weight is 365 g/mol. The van der Waals surface area contributed by atoms with Gasteiger partial charge in [0.2, 0.25) is 10.0 Å². The molecule has 0 spiro atoms. The minimum Gasteiger partial charge on any atom is -0.307 e. The fourth-order valence-corrected chi connectivity index (χ4v) is 5.17. The summed E-state index contributed by atoms with van der Waals surface area (Å²) in [6.07, 6.45) is 6.16. The minimum atomic E-state index is -3.69. The van der Waals surface area contributed by atoms with Crippen molar-refractivity contribution in [2.24, 2.45) is 0 Å². The summed E-state index contributed by atoms with van der Waals surface area (Å²) in [5.41, 5.74) is 5.86. The number of aryl methyl sites for hydroxylation is 2. The van der Waals surface area contributed by atoms with Crippen LogP contribution in [0.15, 0.2) is 6.07 Å². The van der Waals surface area contributed by atoms with Gasteiger partial charge in [-0.2, -0.15) is 0 Å². The van der Waals surface area contributed by atoms with E-state index >= 15 is 0 Å². The zero-order valence-corrected chi connectivity index (χ0v) is 15.8. The Morgan fingerprint density at radius 2 is 1.60 bits per heavy atom. The minimum absolute atomic E-state index is 0.168. The van der Waals surface area contributed by atoms with Gasteiger partial charge in [-0.05, 0) is 73.9 Å². The molecule has 3 rings (SSSR count). The standard InChI is InChI=1S/C18H27N3O3S/c1-3-21(4-2)12-25(23,24)20-18(22)19-17-15-9-5-7-13(15)11-14-8-6-10-16(14)17/h11H,3-10,12H2,1-2H3,(H2,19,20,22). The van der Waals surface area contributed by atoms with Gasteiger partial charge >= 0.3 is 6.03 Å². The normalized spacial score (nSPS) is 16.0. The summed E-state index contributed by atoms with van der Waals surface area (Å²) in [6, 6.07) is 1.63. The van der Waals surface area contributed by atoms with Gasteiger partial charge in [-0.3, -0.25) is 4.90 Å². The second-order valence-electron chi connectivity index (χ2n) is 6.84. The van der Waals surface area contributed by atoms with E-state index in [4.69, 9.17) is 0 Å². The molecular weight excluding hydrogens is 338 g/mol. The Kier molecular flexibility index (Phi) is 5.34. The summed E-state index contributed by atoms with van der Waals surface area (Å²) in [5.74, 6) is -0.168. The maximum Gasteiger partial charge on any atom is 0.332 e. The number of urea groups is 1. The summed E-state index contributed by atoms with van der Waals surface area (Å²) in [5, 5.41) is 2.86. The number of nitrogens with one attached hydrogen (secondary N) is 2. The molecule has 2 N–H and O–H groups in total. The van der Waals surface area contributed by atoms with Gasteiger partial charge in [0.25, 0.3) is 0 Å². The van der Waals surface area contributed by atoms with Crippen LogP contribution in [-0.2, 0) is 35.7 Å². The number of carbonyl (C=O) groups excluding carboxylic acids is 1. The maximum absolute atomic E-state index is 12.4. The van der Waals surface area contributed by atoms with Gasteiger partial charge in [0.1, 0.15) is 5.88 Å². The number of anilines is 1. The van der Waals surface area contributed by atoms with Gasteiger partial charge in [-0.15, -0.1) is 0 Å². The summed E-state index contributed by atoms with van der Waals surface area (Å²) in [6.45, 7) is 5.04. The SMILES string of the molecule is CCN(CC)CS(=O)(=O)NC(=O)Nc1c2c(cc3c1CCC3)CCC2. The third-order valence-corrected chi connectivity index (χ3v) is 6.41. The van der Waals surface area contributed by atoms with Crippen molar-refractivity contribution in [3.8, 4) is 0 Å². The monoisotopic (exact) mass is 365 g/mol. The van der Waals surface area contributed by atoms with E-state index in [-0.39, 0.29) is 5.88 Å². The Balaban J connectivity index is 1.76. The quantitative estimate of drug-likeness (QED) is 0.811. The zero-order valence-electron chi connectivity index (χ0n) is 15.0. The highest BCUT2D eigenvalue weighted by Gasteiger charge is 2.26. The number of hydrogen-bond acceptors (Lipinski definition) is 4. The first-order valence-corrected chi connectivity index (χ1v) is 10.8. The van der Waals surface area contributed by atoms with Gasteiger partial charge in [-0.25, -0.2) is 17.9 Å². The first kappa shape index (κ1) is 18.2. The van der Waals surface area contributed by atoms with Crippen LogP contribution in [0.4, 0.5) is 10.5 Å². The lowest BCUT2D eigenvalue weighted by molar-refractivity contribution is 0.256. The molecule has 138 valence electrons. The van der Waals surface area contributed by atoms with E-state index in [2.05, 4.69) is 16.1 Å². The Bertz CT molecular complexity index is 738. The Morgan fingerprint density at radius 3 is 2.12 bits per heavy atom. The van der Waals surface area contributed by atoms with E-state index in [0.29, 0.717) is 13.1 Å². The molecule has 0 radical (unpaired) electrons. The maximum atomic E-state index is 12.4. The number of fused-ring (bicyclic) bond motifs is 2. The van der Waals surface area contributed by atoms with E-state index < -0.39 is 16.1 Å². The van der Waals surface area contributed by atoms with Crippen molar-refractivity contribution in [2.75, 3.05) is 24.3 Å². The van der Waals surface area contributed by atoms with Crippen molar-refractivity contribution in [3.63, 3.8) is 0 Å².